The molecule has 2 rings (SSSR count). The number of hydrogen-bond acceptors (Lipinski definition) is 5. The van der Waals surface area contributed by atoms with Crippen molar-refractivity contribution in [3.05, 3.63) is 23.9 Å². The lowest BCUT2D eigenvalue weighted by Crippen LogP contribution is -2.50. The van der Waals surface area contributed by atoms with Crippen LogP contribution in [0.1, 0.15) is 19.4 Å². The van der Waals surface area contributed by atoms with E-state index < -0.39 is 10.0 Å². The van der Waals surface area contributed by atoms with Crippen LogP contribution in [-0.2, 0) is 16.6 Å². The zero-order chi connectivity index (χ0) is 14.8. The van der Waals surface area contributed by atoms with Gasteiger partial charge in [-0.3, -0.25) is 4.90 Å². The summed E-state index contributed by atoms with van der Waals surface area (Å²) in [5.74, 6) is 0. The third kappa shape index (κ3) is 3.17. The van der Waals surface area contributed by atoms with Crippen LogP contribution in [0.2, 0.25) is 0 Å². The van der Waals surface area contributed by atoms with Crippen molar-refractivity contribution >= 4 is 10.0 Å². The van der Waals surface area contributed by atoms with E-state index in [9.17, 15) is 8.42 Å². The molecule has 7 heteroatoms. The maximum atomic E-state index is 12.4. The second-order valence-corrected chi connectivity index (χ2v) is 7.08. The van der Waals surface area contributed by atoms with Gasteiger partial charge in [0.25, 0.3) is 10.0 Å². The summed E-state index contributed by atoms with van der Waals surface area (Å²) in [5, 5.41) is 9.00. The fourth-order valence-corrected chi connectivity index (χ4v) is 3.58. The van der Waals surface area contributed by atoms with Crippen molar-refractivity contribution in [1.29, 1.82) is 0 Å². The lowest BCUT2D eigenvalue weighted by Gasteiger charge is -2.35. The van der Waals surface area contributed by atoms with Crippen LogP contribution >= 0.6 is 0 Å². The summed E-state index contributed by atoms with van der Waals surface area (Å²) in [7, 11) is -3.52. The van der Waals surface area contributed by atoms with Crippen LogP contribution in [0.15, 0.2) is 23.4 Å². The van der Waals surface area contributed by atoms with Gasteiger partial charge in [0.15, 0.2) is 5.03 Å². The highest BCUT2D eigenvalue weighted by Crippen LogP contribution is 2.16. The fraction of sp³-hybridized carbons (Fsp3) is 0.615. The number of pyridine rings is 1. The predicted octanol–water partition coefficient (Wildman–Crippen LogP) is 0.289. The molecule has 0 atom stereocenters. The highest BCUT2D eigenvalue weighted by atomic mass is 32.2. The van der Waals surface area contributed by atoms with Gasteiger partial charge in [-0.25, -0.2) is 13.4 Å². The second kappa shape index (κ2) is 6.17. The monoisotopic (exact) mass is 299 g/mol. The summed E-state index contributed by atoms with van der Waals surface area (Å²) in [5.41, 5.74) is 0.605. The van der Waals surface area contributed by atoms with Crippen molar-refractivity contribution in [1.82, 2.24) is 14.2 Å². The molecule has 0 spiro atoms. The maximum absolute atomic E-state index is 12.4. The Labute approximate surface area is 120 Å². The van der Waals surface area contributed by atoms with Gasteiger partial charge in [0.05, 0.1) is 6.61 Å². The largest absolute Gasteiger partial charge is 0.392 e. The predicted molar refractivity (Wildman–Crippen MR) is 75.6 cm³/mol. The molecular formula is C13H21N3O3S. The Hall–Kier alpha value is -1.02. The van der Waals surface area contributed by atoms with Gasteiger partial charge >= 0.3 is 0 Å². The van der Waals surface area contributed by atoms with Crippen molar-refractivity contribution in [3.8, 4) is 0 Å². The number of rotatable bonds is 4. The second-order valence-electron chi connectivity index (χ2n) is 5.20. The Kier molecular flexibility index (Phi) is 4.74. The first-order valence-electron chi connectivity index (χ1n) is 6.75. The van der Waals surface area contributed by atoms with Crippen LogP contribution < -0.4 is 0 Å². The minimum atomic E-state index is -3.52. The molecule has 1 aromatic heterocycles. The molecule has 1 fully saturated rings. The van der Waals surface area contributed by atoms with Crippen LogP contribution in [0.25, 0.3) is 0 Å². The molecule has 0 amide bonds. The average molecular weight is 299 g/mol. The zero-order valence-corrected chi connectivity index (χ0v) is 12.7. The molecule has 0 saturated carbocycles. The molecule has 2 heterocycles. The summed E-state index contributed by atoms with van der Waals surface area (Å²) >= 11 is 0. The SMILES string of the molecule is CC(C)N1CCN(S(=O)(=O)c2ccc(CO)cn2)CC1. The van der Waals surface area contributed by atoms with E-state index in [0.717, 1.165) is 13.1 Å². The summed E-state index contributed by atoms with van der Waals surface area (Å²) < 4.78 is 26.4. The quantitative estimate of drug-likeness (QED) is 0.865. The number of aliphatic hydroxyl groups is 1. The number of nitrogens with zero attached hydrogens (tertiary/aromatic N) is 3. The Morgan fingerprint density at radius 2 is 1.90 bits per heavy atom. The van der Waals surface area contributed by atoms with Crippen LogP contribution in [0.3, 0.4) is 0 Å². The zero-order valence-electron chi connectivity index (χ0n) is 11.9. The van der Waals surface area contributed by atoms with E-state index in [2.05, 4.69) is 23.7 Å². The maximum Gasteiger partial charge on any atom is 0.260 e. The van der Waals surface area contributed by atoms with E-state index >= 15 is 0 Å². The van der Waals surface area contributed by atoms with Gasteiger partial charge in [-0.1, -0.05) is 6.07 Å². The first-order valence-corrected chi connectivity index (χ1v) is 8.19. The van der Waals surface area contributed by atoms with E-state index in [1.165, 1.54) is 16.6 Å². The number of aliphatic hydroxyl groups excluding tert-OH is 1. The summed E-state index contributed by atoms with van der Waals surface area (Å²) in [6.07, 6.45) is 1.40. The number of aromatic nitrogens is 1. The highest BCUT2D eigenvalue weighted by Gasteiger charge is 2.29. The normalized spacial score (nSPS) is 18.6. The van der Waals surface area contributed by atoms with E-state index in [0.29, 0.717) is 24.7 Å². The van der Waals surface area contributed by atoms with Gasteiger partial charge < -0.3 is 5.11 Å². The Bertz CT molecular complexity index is 534. The van der Waals surface area contributed by atoms with Crippen LogP contribution in [0.4, 0.5) is 0 Å². The van der Waals surface area contributed by atoms with Gasteiger partial charge in [0.2, 0.25) is 0 Å². The van der Waals surface area contributed by atoms with Gasteiger partial charge in [0, 0.05) is 38.4 Å². The molecule has 1 N–H and O–H groups in total. The fourth-order valence-electron chi connectivity index (χ4n) is 2.25. The van der Waals surface area contributed by atoms with E-state index in [1.807, 2.05) is 0 Å². The van der Waals surface area contributed by atoms with Gasteiger partial charge in [-0.05, 0) is 25.5 Å². The molecule has 0 radical (unpaired) electrons. The average Bonchev–Trinajstić information content (AvgIpc) is 2.47. The first kappa shape index (κ1) is 15.4. The highest BCUT2D eigenvalue weighted by molar-refractivity contribution is 7.89. The Balaban J connectivity index is 2.11. The van der Waals surface area contributed by atoms with Crippen molar-refractivity contribution in [2.24, 2.45) is 0 Å². The number of piperazine rings is 1. The van der Waals surface area contributed by atoms with Gasteiger partial charge in [-0.2, -0.15) is 4.31 Å². The third-order valence-electron chi connectivity index (χ3n) is 3.59. The molecule has 6 nitrogen and oxygen atoms in total. The third-order valence-corrected chi connectivity index (χ3v) is 5.40. The minimum absolute atomic E-state index is 0.0488. The van der Waals surface area contributed by atoms with Crippen molar-refractivity contribution in [2.45, 2.75) is 31.5 Å². The topological polar surface area (TPSA) is 73.7 Å². The molecule has 0 bridgehead atoms. The van der Waals surface area contributed by atoms with E-state index in [-0.39, 0.29) is 11.6 Å². The summed E-state index contributed by atoms with van der Waals surface area (Å²) in [6, 6.07) is 3.47. The van der Waals surface area contributed by atoms with Crippen molar-refractivity contribution in [3.63, 3.8) is 0 Å². The molecule has 1 aromatic rings. The molecule has 0 aliphatic carbocycles. The number of sulfonamides is 1. The summed E-state index contributed by atoms with van der Waals surface area (Å²) in [6.45, 7) is 6.55. The number of hydrogen-bond donors (Lipinski definition) is 1. The molecule has 1 saturated heterocycles. The van der Waals surface area contributed by atoms with E-state index in [1.54, 1.807) is 6.07 Å². The van der Waals surface area contributed by atoms with Crippen LogP contribution in [0, 0.1) is 0 Å². The molecule has 1 aliphatic rings. The smallest absolute Gasteiger partial charge is 0.260 e. The molecule has 112 valence electrons. The first-order chi connectivity index (χ1) is 9.45. The molecule has 20 heavy (non-hydrogen) atoms. The van der Waals surface area contributed by atoms with Crippen LogP contribution in [-0.4, -0.2) is 59.9 Å². The van der Waals surface area contributed by atoms with E-state index in [4.69, 9.17) is 5.11 Å². The lowest BCUT2D eigenvalue weighted by atomic mass is 10.3. The Morgan fingerprint density at radius 3 is 2.35 bits per heavy atom. The minimum Gasteiger partial charge on any atom is -0.392 e. The summed E-state index contributed by atoms with van der Waals surface area (Å²) in [4.78, 5) is 6.21. The standard InChI is InChI=1S/C13H21N3O3S/c1-11(2)15-5-7-16(8-6-15)20(18,19)13-4-3-12(10-17)9-14-13/h3-4,9,11,17H,5-8,10H2,1-2H3. The van der Waals surface area contributed by atoms with Crippen molar-refractivity contribution < 1.29 is 13.5 Å². The molecule has 0 aromatic carbocycles. The van der Waals surface area contributed by atoms with Crippen LogP contribution in [0.5, 0.6) is 0 Å². The lowest BCUT2D eigenvalue weighted by molar-refractivity contribution is 0.154. The van der Waals surface area contributed by atoms with Crippen molar-refractivity contribution in [2.75, 3.05) is 26.2 Å². The molecular weight excluding hydrogens is 278 g/mol. The van der Waals surface area contributed by atoms with Gasteiger partial charge in [-0.15, -0.1) is 0 Å². The Morgan fingerprint density at radius 1 is 1.25 bits per heavy atom. The molecule has 1 aliphatic heterocycles. The van der Waals surface area contributed by atoms with Gasteiger partial charge in [0.1, 0.15) is 0 Å². The molecule has 0 unspecified atom stereocenters.